The fraction of sp³-hybridized carbons (Fsp3) is 0.733. The molecule has 0 amide bonds. The Morgan fingerprint density at radius 1 is 1.42 bits per heavy atom. The molecule has 0 radical (unpaired) electrons. The first-order valence-corrected chi connectivity index (χ1v) is 6.98. The lowest BCUT2D eigenvalue weighted by atomic mass is 9.74. The van der Waals surface area contributed by atoms with Gasteiger partial charge >= 0.3 is 0 Å². The van der Waals surface area contributed by atoms with Crippen molar-refractivity contribution >= 4 is 0 Å². The Labute approximate surface area is 115 Å². The highest BCUT2D eigenvalue weighted by Gasteiger charge is 2.32. The van der Waals surface area contributed by atoms with Crippen LogP contribution in [0.1, 0.15) is 63.3 Å². The number of hydrogen-bond acceptors (Lipinski definition) is 4. The van der Waals surface area contributed by atoms with Crippen LogP contribution in [0.2, 0.25) is 0 Å². The van der Waals surface area contributed by atoms with Crippen LogP contribution >= 0.6 is 0 Å². The first-order valence-electron chi connectivity index (χ1n) is 6.98. The van der Waals surface area contributed by atoms with Crippen LogP contribution in [0.5, 0.6) is 0 Å². The summed E-state index contributed by atoms with van der Waals surface area (Å²) in [4.78, 5) is 9.20. The SMILES string of the molecule is COC(c1ncc2c(n1)CC(C)(C)CC2N)C(C)C. The highest BCUT2D eigenvalue weighted by atomic mass is 16.5. The van der Waals surface area contributed by atoms with Crippen molar-refractivity contribution in [1.82, 2.24) is 9.97 Å². The van der Waals surface area contributed by atoms with E-state index in [1.54, 1.807) is 7.11 Å². The normalized spacial score (nSPS) is 23.2. The summed E-state index contributed by atoms with van der Waals surface area (Å²) >= 11 is 0. The average molecular weight is 263 g/mol. The summed E-state index contributed by atoms with van der Waals surface area (Å²) in [5.74, 6) is 1.13. The maximum Gasteiger partial charge on any atom is 0.157 e. The molecule has 1 heterocycles. The van der Waals surface area contributed by atoms with Gasteiger partial charge in [0.05, 0.1) is 0 Å². The van der Waals surface area contributed by atoms with Crippen molar-refractivity contribution in [3.05, 3.63) is 23.3 Å². The molecule has 19 heavy (non-hydrogen) atoms. The summed E-state index contributed by atoms with van der Waals surface area (Å²) in [6.07, 6.45) is 3.79. The number of aromatic nitrogens is 2. The zero-order valence-electron chi connectivity index (χ0n) is 12.6. The monoisotopic (exact) mass is 263 g/mol. The molecular formula is C15H25N3O. The van der Waals surface area contributed by atoms with Crippen LogP contribution in [-0.4, -0.2) is 17.1 Å². The van der Waals surface area contributed by atoms with E-state index in [0.717, 1.165) is 29.9 Å². The minimum atomic E-state index is -0.0495. The van der Waals surface area contributed by atoms with Gasteiger partial charge in [-0.05, 0) is 24.2 Å². The summed E-state index contributed by atoms with van der Waals surface area (Å²) in [7, 11) is 1.71. The van der Waals surface area contributed by atoms with Crippen LogP contribution in [0.3, 0.4) is 0 Å². The molecule has 0 spiro atoms. The van der Waals surface area contributed by atoms with Crippen LogP contribution in [0.25, 0.3) is 0 Å². The molecule has 0 saturated heterocycles. The largest absolute Gasteiger partial charge is 0.373 e. The zero-order chi connectivity index (χ0) is 14.2. The lowest BCUT2D eigenvalue weighted by Crippen LogP contribution is -2.31. The molecule has 2 N–H and O–H groups in total. The third-order valence-electron chi connectivity index (χ3n) is 3.85. The van der Waals surface area contributed by atoms with Crippen LogP contribution in [0.15, 0.2) is 6.20 Å². The lowest BCUT2D eigenvalue weighted by Gasteiger charge is -2.34. The van der Waals surface area contributed by atoms with Crippen molar-refractivity contribution in [2.45, 2.75) is 52.7 Å². The number of nitrogens with zero attached hydrogens (tertiary/aromatic N) is 2. The first kappa shape index (κ1) is 14.4. The molecular weight excluding hydrogens is 238 g/mol. The van der Waals surface area contributed by atoms with Gasteiger partial charge in [0.2, 0.25) is 0 Å². The lowest BCUT2D eigenvalue weighted by molar-refractivity contribution is 0.0569. The molecule has 4 heteroatoms. The highest BCUT2D eigenvalue weighted by Crippen LogP contribution is 2.39. The quantitative estimate of drug-likeness (QED) is 0.911. The molecule has 0 bridgehead atoms. The van der Waals surface area contributed by atoms with Crippen molar-refractivity contribution in [2.24, 2.45) is 17.1 Å². The van der Waals surface area contributed by atoms with Gasteiger partial charge in [0.15, 0.2) is 5.82 Å². The molecule has 1 aromatic rings. The van der Waals surface area contributed by atoms with Crippen LogP contribution in [0.4, 0.5) is 0 Å². The third kappa shape index (κ3) is 2.95. The summed E-state index contributed by atoms with van der Waals surface area (Å²) in [6.45, 7) is 8.72. The number of fused-ring (bicyclic) bond motifs is 1. The van der Waals surface area contributed by atoms with Crippen molar-refractivity contribution in [3.8, 4) is 0 Å². The average Bonchev–Trinajstić information content (AvgIpc) is 2.27. The number of rotatable bonds is 3. The molecule has 2 atom stereocenters. The number of nitrogens with two attached hydrogens (primary N) is 1. The smallest absolute Gasteiger partial charge is 0.157 e. The van der Waals surface area contributed by atoms with Gasteiger partial charge in [-0.3, -0.25) is 0 Å². The van der Waals surface area contributed by atoms with E-state index in [1.165, 1.54) is 0 Å². The van der Waals surface area contributed by atoms with Crippen LogP contribution < -0.4 is 5.73 Å². The molecule has 1 aliphatic carbocycles. The fourth-order valence-corrected chi connectivity index (χ4v) is 2.94. The Morgan fingerprint density at radius 2 is 2.11 bits per heavy atom. The van der Waals surface area contributed by atoms with Gasteiger partial charge in [0.25, 0.3) is 0 Å². The summed E-state index contributed by atoms with van der Waals surface area (Å²) in [5.41, 5.74) is 8.63. The number of hydrogen-bond donors (Lipinski definition) is 1. The van der Waals surface area contributed by atoms with E-state index in [9.17, 15) is 0 Å². The molecule has 0 saturated carbocycles. The minimum Gasteiger partial charge on any atom is -0.373 e. The summed E-state index contributed by atoms with van der Waals surface area (Å²) in [6, 6.07) is 0.0489. The standard InChI is InChI=1S/C15H25N3O/c1-9(2)13(19-5)14-17-8-10-11(16)6-15(3,4)7-12(10)18-14/h8-9,11,13H,6-7,16H2,1-5H3. The highest BCUT2D eigenvalue weighted by molar-refractivity contribution is 5.26. The maximum absolute atomic E-state index is 6.23. The van der Waals surface area contributed by atoms with Gasteiger partial charge in [0, 0.05) is 30.6 Å². The predicted octanol–water partition coefficient (Wildman–Crippen LogP) is 2.79. The predicted molar refractivity (Wildman–Crippen MR) is 75.7 cm³/mol. The fourth-order valence-electron chi connectivity index (χ4n) is 2.94. The second kappa shape index (κ2) is 5.17. The van der Waals surface area contributed by atoms with E-state index in [-0.39, 0.29) is 17.6 Å². The molecule has 0 fully saturated rings. The molecule has 1 aromatic heterocycles. The summed E-state index contributed by atoms with van der Waals surface area (Å²) in [5, 5.41) is 0. The van der Waals surface area contributed by atoms with Crippen molar-refractivity contribution < 1.29 is 4.74 Å². The van der Waals surface area contributed by atoms with Gasteiger partial charge < -0.3 is 10.5 Å². The topological polar surface area (TPSA) is 61.0 Å². The van der Waals surface area contributed by atoms with Crippen LogP contribution in [0, 0.1) is 11.3 Å². The van der Waals surface area contributed by atoms with E-state index in [4.69, 9.17) is 15.5 Å². The van der Waals surface area contributed by atoms with E-state index in [1.807, 2.05) is 6.20 Å². The number of ether oxygens (including phenoxy) is 1. The van der Waals surface area contributed by atoms with Crippen molar-refractivity contribution in [1.29, 1.82) is 0 Å². The molecule has 0 aliphatic heterocycles. The Balaban J connectivity index is 2.38. The van der Waals surface area contributed by atoms with Crippen molar-refractivity contribution in [2.75, 3.05) is 7.11 Å². The molecule has 0 aromatic carbocycles. The molecule has 4 nitrogen and oxygen atoms in total. The molecule has 1 aliphatic rings. The van der Waals surface area contributed by atoms with Gasteiger partial charge in [-0.2, -0.15) is 0 Å². The Hall–Kier alpha value is -1.00. The first-order chi connectivity index (χ1) is 8.84. The second-order valence-electron chi connectivity index (χ2n) is 6.68. The van der Waals surface area contributed by atoms with E-state index < -0.39 is 0 Å². The molecule has 106 valence electrons. The van der Waals surface area contributed by atoms with Gasteiger partial charge in [0.1, 0.15) is 6.10 Å². The van der Waals surface area contributed by atoms with E-state index in [2.05, 4.69) is 32.7 Å². The summed E-state index contributed by atoms with van der Waals surface area (Å²) < 4.78 is 5.51. The zero-order valence-corrected chi connectivity index (χ0v) is 12.6. The minimum absolute atomic E-state index is 0.0489. The van der Waals surface area contributed by atoms with Gasteiger partial charge in [-0.25, -0.2) is 9.97 Å². The Bertz CT molecular complexity index is 457. The number of methoxy groups -OCH3 is 1. The van der Waals surface area contributed by atoms with E-state index in [0.29, 0.717) is 5.92 Å². The Morgan fingerprint density at radius 3 is 2.68 bits per heavy atom. The van der Waals surface area contributed by atoms with Crippen LogP contribution in [-0.2, 0) is 11.2 Å². The molecule has 2 rings (SSSR count). The molecule has 2 unspecified atom stereocenters. The maximum atomic E-state index is 6.23. The van der Waals surface area contributed by atoms with Gasteiger partial charge in [-0.15, -0.1) is 0 Å². The second-order valence-corrected chi connectivity index (χ2v) is 6.68. The van der Waals surface area contributed by atoms with Gasteiger partial charge in [-0.1, -0.05) is 27.7 Å². The third-order valence-corrected chi connectivity index (χ3v) is 3.85. The van der Waals surface area contributed by atoms with Crippen molar-refractivity contribution in [3.63, 3.8) is 0 Å². The van der Waals surface area contributed by atoms with E-state index >= 15 is 0 Å². The Kier molecular flexibility index (Phi) is 3.92.